The Morgan fingerprint density at radius 3 is 2.84 bits per heavy atom. The Morgan fingerprint density at radius 2 is 2.12 bits per heavy atom. The van der Waals surface area contributed by atoms with Gasteiger partial charge < -0.3 is 14.2 Å². The van der Waals surface area contributed by atoms with Crippen molar-refractivity contribution < 1.29 is 9.53 Å². The summed E-state index contributed by atoms with van der Waals surface area (Å²) >= 11 is 0. The van der Waals surface area contributed by atoms with Gasteiger partial charge in [0.1, 0.15) is 5.82 Å². The number of likely N-dealkylation sites (tertiary alicyclic amines) is 1. The molecule has 0 aromatic carbocycles. The number of nitrogens with zero attached hydrogens (tertiary/aromatic N) is 3. The second-order valence-corrected chi connectivity index (χ2v) is 8.88. The number of carbonyl (C=O) groups is 1. The maximum Gasteiger partial charge on any atom is 0.224 e. The Morgan fingerprint density at radius 1 is 1.36 bits per heavy atom. The molecule has 2 atom stereocenters. The number of carbonyl (C=O) groups excluding carboxylic acids is 1. The van der Waals surface area contributed by atoms with Gasteiger partial charge in [-0.05, 0) is 40.0 Å². The number of hydrogen-bond donors (Lipinski definition) is 0. The Bertz CT molecular complexity index is 622. The topological polar surface area (TPSA) is 47.4 Å². The summed E-state index contributed by atoms with van der Waals surface area (Å²) in [6.45, 7) is 13.2. The zero-order chi connectivity index (χ0) is 18.2. The first-order valence-corrected chi connectivity index (χ1v) is 9.69. The molecule has 1 aromatic heterocycles. The molecule has 0 spiro atoms. The van der Waals surface area contributed by atoms with Crippen molar-refractivity contribution in [3.63, 3.8) is 0 Å². The number of aromatic nitrogens is 2. The maximum absolute atomic E-state index is 12.7. The lowest BCUT2D eigenvalue weighted by molar-refractivity contribution is -0.214. The van der Waals surface area contributed by atoms with Crippen molar-refractivity contribution in [1.82, 2.24) is 14.5 Å². The summed E-state index contributed by atoms with van der Waals surface area (Å²) in [5.41, 5.74) is -0.111. The highest BCUT2D eigenvalue weighted by Gasteiger charge is 2.47. The predicted molar refractivity (Wildman–Crippen MR) is 98.4 cm³/mol. The van der Waals surface area contributed by atoms with E-state index in [9.17, 15) is 4.79 Å². The minimum atomic E-state index is -0.0757. The van der Waals surface area contributed by atoms with Gasteiger partial charge in [0.05, 0.1) is 11.2 Å². The summed E-state index contributed by atoms with van der Waals surface area (Å²) in [4.78, 5) is 19.2. The standard InChI is InChI=1S/C20H33N3O2/c1-15(2)18-21-10-13-22(18)11-7-17(24)23-12-9-20(5)16(14-23)6-8-19(3,4)25-20/h10,13,15-16H,6-9,11-12,14H2,1-5H3/t16-,20+/m0/s1. The van der Waals surface area contributed by atoms with Crippen molar-refractivity contribution >= 4 is 5.91 Å². The van der Waals surface area contributed by atoms with Gasteiger partial charge in [0, 0.05) is 50.3 Å². The summed E-state index contributed by atoms with van der Waals surface area (Å²) in [5, 5.41) is 0. The van der Waals surface area contributed by atoms with E-state index in [-0.39, 0.29) is 17.1 Å². The summed E-state index contributed by atoms with van der Waals surface area (Å²) in [6.07, 6.45) is 7.51. The molecule has 0 saturated carbocycles. The van der Waals surface area contributed by atoms with E-state index in [4.69, 9.17) is 4.74 Å². The van der Waals surface area contributed by atoms with Crippen LogP contribution in [0.1, 0.15) is 72.0 Å². The van der Waals surface area contributed by atoms with E-state index in [1.807, 2.05) is 12.4 Å². The number of imidazole rings is 1. The van der Waals surface area contributed by atoms with Crippen LogP contribution < -0.4 is 0 Å². The molecule has 2 aliphatic rings. The highest BCUT2D eigenvalue weighted by molar-refractivity contribution is 5.76. The van der Waals surface area contributed by atoms with Crippen LogP contribution in [0.3, 0.4) is 0 Å². The van der Waals surface area contributed by atoms with E-state index in [0.29, 0.717) is 24.8 Å². The Labute approximate surface area is 151 Å². The largest absolute Gasteiger partial charge is 0.369 e. The van der Waals surface area contributed by atoms with Crippen molar-refractivity contribution in [2.45, 2.75) is 84.0 Å². The monoisotopic (exact) mass is 347 g/mol. The first kappa shape index (κ1) is 18.4. The number of fused-ring (bicyclic) bond motifs is 1. The molecular formula is C20H33N3O2. The van der Waals surface area contributed by atoms with Gasteiger partial charge in [0.2, 0.25) is 5.91 Å². The fourth-order valence-electron chi connectivity index (χ4n) is 4.46. The minimum absolute atomic E-state index is 0.0356. The predicted octanol–water partition coefficient (Wildman–Crippen LogP) is 3.59. The molecule has 5 heteroatoms. The van der Waals surface area contributed by atoms with Crippen LogP contribution in [0.25, 0.3) is 0 Å². The molecule has 1 aromatic rings. The summed E-state index contributed by atoms with van der Waals surface area (Å²) in [6, 6.07) is 0. The molecule has 0 bridgehead atoms. The third-order valence-corrected chi connectivity index (χ3v) is 5.97. The quantitative estimate of drug-likeness (QED) is 0.836. The smallest absolute Gasteiger partial charge is 0.224 e. The van der Waals surface area contributed by atoms with Crippen molar-refractivity contribution in [1.29, 1.82) is 0 Å². The molecule has 140 valence electrons. The van der Waals surface area contributed by atoms with Crippen LogP contribution >= 0.6 is 0 Å². The van der Waals surface area contributed by atoms with Crippen LogP contribution in [0.15, 0.2) is 12.4 Å². The molecular weight excluding hydrogens is 314 g/mol. The molecule has 0 N–H and O–H groups in total. The van der Waals surface area contributed by atoms with Gasteiger partial charge in [-0.25, -0.2) is 4.98 Å². The summed E-state index contributed by atoms with van der Waals surface area (Å²) in [7, 11) is 0. The summed E-state index contributed by atoms with van der Waals surface area (Å²) in [5.74, 6) is 2.15. The molecule has 0 unspecified atom stereocenters. The van der Waals surface area contributed by atoms with Gasteiger partial charge in [-0.15, -0.1) is 0 Å². The third-order valence-electron chi connectivity index (χ3n) is 5.97. The van der Waals surface area contributed by atoms with Crippen LogP contribution in [-0.2, 0) is 16.1 Å². The minimum Gasteiger partial charge on any atom is -0.369 e. The summed E-state index contributed by atoms with van der Waals surface area (Å²) < 4.78 is 8.52. The fraction of sp³-hybridized carbons (Fsp3) is 0.800. The lowest BCUT2D eigenvalue weighted by atomic mass is 9.74. The Balaban J connectivity index is 1.57. The molecule has 2 saturated heterocycles. The van der Waals surface area contributed by atoms with Crippen molar-refractivity contribution in [2.75, 3.05) is 13.1 Å². The van der Waals surface area contributed by atoms with E-state index in [2.05, 4.69) is 49.1 Å². The number of ether oxygens (including phenoxy) is 1. The third kappa shape index (κ3) is 3.91. The Hall–Kier alpha value is -1.36. The normalized spacial score (nSPS) is 28.9. The fourth-order valence-corrected chi connectivity index (χ4v) is 4.46. The van der Waals surface area contributed by atoms with Crippen LogP contribution in [0, 0.1) is 5.92 Å². The van der Waals surface area contributed by atoms with E-state index >= 15 is 0 Å². The lowest BCUT2D eigenvalue weighted by Gasteiger charge is -2.53. The van der Waals surface area contributed by atoms with E-state index < -0.39 is 0 Å². The van der Waals surface area contributed by atoms with Crippen LogP contribution in [-0.4, -0.2) is 44.6 Å². The molecule has 1 amide bonds. The van der Waals surface area contributed by atoms with Crippen molar-refractivity contribution in [3.8, 4) is 0 Å². The zero-order valence-corrected chi connectivity index (χ0v) is 16.4. The van der Waals surface area contributed by atoms with Gasteiger partial charge in [-0.1, -0.05) is 13.8 Å². The number of aryl methyl sites for hydroxylation is 1. The average Bonchev–Trinajstić information content (AvgIpc) is 2.99. The van der Waals surface area contributed by atoms with Gasteiger partial charge in [-0.2, -0.15) is 0 Å². The number of piperidine rings is 1. The van der Waals surface area contributed by atoms with E-state index in [1.165, 1.54) is 0 Å². The molecule has 25 heavy (non-hydrogen) atoms. The molecule has 2 fully saturated rings. The van der Waals surface area contributed by atoms with Gasteiger partial charge in [0.25, 0.3) is 0 Å². The zero-order valence-electron chi connectivity index (χ0n) is 16.4. The van der Waals surface area contributed by atoms with Crippen LogP contribution in [0.2, 0.25) is 0 Å². The van der Waals surface area contributed by atoms with Gasteiger partial charge in [-0.3, -0.25) is 4.79 Å². The molecule has 3 rings (SSSR count). The average molecular weight is 348 g/mol. The molecule has 5 nitrogen and oxygen atoms in total. The Kier molecular flexibility index (Phi) is 4.97. The van der Waals surface area contributed by atoms with Gasteiger partial charge >= 0.3 is 0 Å². The molecule has 0 aliphatic carbocycles. The highest BCUT2D eigenvalue weighted by Crippen LogP contribution is 2.43. The number of rotatable bonds is 4. The number of amides is 1. The number of hydrogen-bond acceptors (Lipinski definition) is 3. The van der Waals surface area contributed by atoms with E-state index in [1.54, 1.807) is 0 Å². The first-order chi connectivity index (χ1) is 11.7. The highest BCUT2D eigenvalue weighted by atomic mass is 16.5. The SMILES string of the molecule is CC(C)c1nccn1CCC(=O)N1CC[C@@]2(C)OC(C)(C)CC[C@H]2C1. The van der Waals surface area contributed by atoms with Crippen molar-refractivity contribution in [3.05, 3.63) is 18.2 Å². The lowest BCUT2D eigenvalue weighted by Crippen LogP contribution is -2.58. The molecule has 2 aliphatic heterocycles. The van der Waals surface area contributed by atoms with Crippen LogP contribution in [0.4, 0.5) is 0 Å². The maximum atomic E-state index is 12.7. The van der Waals surface area contributed by atoms with Gasteiger partial charge in [0.15, 0.2) is 0 Å². The second-order valence-electron chi connectivity index (χ2n) is 8.88. The molecule has 3 heterocycles. The second kappa shape index (κ2) is 6.75. The first-order valence-electron chi connectivity index (χ1n) is 9.69. The molecule has 0 radical (unpaired) electrons. The van der Waals surface area contributed by atoms with E-state index in [0.717, 1.165) is 38.2 Å². The van der Waals surface area contributed by atoms with Crippen LogP contribution in [0.5, 0.6) is 0 Å². The van der Waals surface area contributed by atoms with Crippen molar-refractivity contribution in [2.24, 2.45) is 5.92 Å².